The maximum Gasteiger partial charge on any atom is 0.323 e. The number of carbonyl (C=O) groups is 3. The number of carbonyl (C=O) groups excluding carboxylic acids is 3. The summed E-state index contributed by atoms with van der Waals surface area (Å²) in [5, 5.41) is 10.8. The molecule has 0 spiro atoms. The zero-order valence-electron chi connectivity index (χ0n) is 13.4. The summed E-state index contributed by atoms with van der Waals surface area (Å²) in [7, 11) is 0. The van der Waals surface area contributed by atoms with Crippen LogP contribution in [0.1, 0.15) is 12.8 Å². The van der Waals surface area contributed by atoms with Gasteiger partial charge in [-0.3, -0.25) is 9.59 Å². The number of rotatable bonds is 4. The number of benzene rings is 2. The first-order valence-electron chi connectivity index (χ1n) is 7.93. The van der Waals surface area contributed by atoms with Crippen molar-refractivity contribution < 1.29 is 14.4 Å². The molecule has 3 rings (SSSR count). The smallest absolute Gasteiger partial charge is 0.323 e. The Labute approximate surface area is 144 Å². The molecule has 4 N–H and O–H groups in total. The van der Waals surface area contributed by atoms with Gasteiger partial charge in [-0.2, -0.15) is 0 Å². The average Bonchev–Trinajstić information content (AvgIpc) is 3.04. The minimum Gasteiger partial charge on any atom is -0.344 e. The topological polar surface area (TPSA) is 99.3 Å². The zero-order valence-corrected chi connectivity index (χ0v) is 13.4. The third-order valence-corrected chi connectivity index (χ3v) is 3.75. The number of hydrogen-bond acceptors (Lipinski definition) is 3. The number of anilines is 3. The van der Waals surface area contributed by atoms with Crippen molar-refractivity contribution in [2.24, 2.45) is 0 Å². The van der Waals surface area contributed by atoms with E-state index in [4.69, 9.17) is 0 Å². The van der Waals surface area contributed by atoms with Crippen LogP contribution in [0.3, 0.4) is 0 Å². The molecule has 7 nitrogen and oxygen atoms in total. The summed E-state index contributed by atoms with van der Waals surface area (Å²) in [6.07, 6.45) is 0.876. The summed E-state index contributed by atoms with van der Waals surface area (Å²) >= 11 is 0. The van der Waals surface area contributed by atoms with Gasteiger partial charge in [0, 0.05) is 23.5 Å². The maximum absolute atomic E-state index is 12.0. The SMILES string of the molecule is O=C1CC[C@@H](C(=O)Nc2ccc(NC(=O)Nc3ccccc3)cc2)N1. The summed E-state index contributed by atoms with van der Waals surface area (Å²) in [6, 6.07) is 15.0. The van der Waals surface area contributed by atoms with E-state index in [1.54, 1.807) is 36.4 Å². The normalized spacial score (nSPS) is 16.0. The van der Waals surface area contributed by atoms with Crippen LogP contribution in [0.15, 0.2) is 54.6 Å². The molecule has 0 aromatic heterocycles. The third kappa shape index (κ3) is 4.57. The van der Waals surface area contributed by atoms with Crippen molar-refractivity contribution in [2.75, 3.05) is 16.0 Å². The van der Waals surface area contributed by atoms with Gasteiger partial charge in [0.1, 0.15) is 6.04 Å². The van der Waals surface area contributed by atoms with Gasteiger partial charge in [-0.25, -0.2) is 4.79 Å². The van der Waals surface area contributed by atoms with Crippen molar-refractivity contribution in [2.45, 2.75) is 18.9 Å². The Morgan fingerprint density at radius 2 is 1.40 bits per heavy atom. The summed E-state index contributed by atoms with van der Waals surface area (Å²) in [5.41, 5.74) is 1.89. The van der Waals surface area contributed by atoms with Crippen LogP contribution in [0, 0.1) is 0 Å². The van der Waals surface area contributed by atoms with E-state index in [2.05, 4.69) is 21.3 Å². The second kappa shape index (κ2) is 7.48. The highest BCUT2D eigenvalue weighted by Gasteiger charge is 2.27. The lowest BCUT2D eigenvalue weighted by Crippen LogP contribution is -2.37. The molecule has 1 atom stereocenters. The van der Waals surface area contributed by atoms with Crippen LogP contribution in [0.4, 0.5) is 21.9 Å². The summed E-state index contributed by atoms with van der Waals surface area (Å²) in [5.74, 6) is -0.350. The number of nitrogens with one attached hydrogen (secondary N) is 4. The van der Waals surface area contributed by atoms with Gasteiger partial charge in [-0.15, -0.1) is 0 Å². The molecule has 1 aliphatic rings. The number of para-hydroxylation sites is 1. The first-order valence-corrected chi connectivity index (χ1v) is 7.93. The number of urea groups is 1. The summed E-state index contributed by atoms with van der Waals surface area (Å²) in [6.45, 7) is 0. The molecular weight excluding hydrogens is 320 g/mol. The van der Waals surface area contributed by atoms with Gasteiger partial charge in [-0.05, 0) is 42.8 Å². The molecule has 4 amide bonds. The van der Waals surface area contributed by atoms with Crippen molar-refractivity contribution in [1.29, 1.82) is 0 Å². The van der Waals surface area contributed by atoms with Crippen molar-refractivity contribution in [3.63, 3.8) is 0 Å². The molecule has 128 valence electrons. The highest BCUT2D eigenvalue weighted by molar-refractivity contribution is 6.01. The first-order chi connectivity index (χ1) is 12.1. The van der Waals surface area contributed by atoms with Crippen molar-refractivity contribution in [3.8, 4) is 0 Å². The van der Waals surface area contributed by atoms with Crippen molar-refractivity contribution in [1.82, 2.24) is 5.32 Å². The monoisotopic (exact) mass is 338 g/mol. The van der Waals surface area contributed by atoms with Crippen molar-refractivity contribution >= 4 is 34.9 Å². The van der Waals surface area contributed by atoms with Gasteiger partial charge in [0.2, 0.25) is 11.8 Å². The fourth-order valence-electron chi connectivity index (χ4n) is 2.49. The van der Waals surface area contributed by atoms with Crippen LogP contribution in [-0.2, 0) is 9.59 Å². The van der Waals surface area contributed by atoms with Crippen LogP contribution < -0.4 is 21.3 Å². The molecule has 0 radical (unpaired) electrons. The first kappa shape index (κ1) is 16.5. The van der Waals surface area contributed by atoms with Crippen LogP contribution in [0.25, 0.3) is 0 Å². The molecule has 1 aliphatic heterocycles. The highest BCUT2D eigenvalue weighted by Crippen LogP contribution is 2.16. The van der Waals surface area contributed by atoms with Crippen LogP contribution in [0.5, 0.6) is 0 Å². The standard InChI is InChI=1S/C18H18N4O3/c23-16-11-10-15(22-16)17(24)19-13-6-8-14(9-7-13)21-18(25)20-12-4-2-1-3-5-12/h1-9,15H,10-11H2,(H,19,24)(H,22,23)(H2,20,21,25)/t15-/m0/s1. The summed E-state index contributed by atoms with van der Waals surface area (Å²) in [4.78, 5) is 35.1. The van der Waals surface area contributed by atoms with Crippen LogP contribution in [0.2, 0.25) is 0 Å². The molecule has 2 aromatic carbocycles. The lowest BCUT2D eigenvalue weighted by atomic mass is 10.2. The Kier molecular flexibility index (Phi) is 4.94. The molecule has 0 bridgehead atoms. The molecule has 1 saturated heterocycles. The third-order valence-electron chi connectivity index (χ3n) is 3.75. The fraction of sp³-hybridized carbons (Fsp3) is 0.167. The minimum atomic E-state index is -0.484. The van der Waals surface area contributed by atoms with E-state index < -0.39 is 6.04 Å². The lowest BCUT2D eigenvalue weighted by molar-refractivity contribution is -0.122. The molecule has 1 fully saturated rings. The van der Waals surface area contributed by atoms with E-state index in [1.165, 1.54) is 0 Å². The Morgan fingerprint density at radius 1 is 0.840 bits per heavy atom. The molecule has 0 aliphatic carbocycles. The van der Waals surface area contributed by atoms with E-state index in [1.807, 2.05) is 18.2 Å². The van der Waals surface area contributed by atoms with Gasteiger partial charge in [0.05, 0.1) is 0 Å². The van der Waals surface area contributed by atoms with E-state index in [0.29, 0.717) is 29.9 Å². The molecule has 0 saturated carbocycles. The fourth-order valence-corrected chi connectivity index (χ4v) is 2.49. The zero-order chi connectivity index (χ0) is 17.6. The van der Waals surface area contributed by atoms with Gasteiger partial charge < -0.3 is 21.3 Å². The van der Waals surface area contributed by atoms with E-state index >= 15 is 0 Å². The van der Waals surface area contributed by atoms with E-state index in [9.17, 15) is 14.4 Å². The second-order valence-electron chi connectivity index (χ2n) is 5.67. The molecule has 25 heavy (non-hydrogen) atoms. The van der Waals surface area contributed by atoms with Crippen molar-refractivity contribution in [3.05, 3.63) is 54.6 Å². The van der Waals surface area contributed by atoms with E-state index in [0.717, 1.165) is 0 Å². The largest absolute Gasteiger partial charge is 0.344 e. The van der Waals surface area contributed by atoms with Gasteiger partial charge in [-0.1, -0.05) is 18.2 Å². The Balaban J connectivity index is 1.52. The maximum atomic E-state index is 12.0. The van der Waals surface area contributed by atoms with Gasteiger partial charge >= 0.3 is 6.03 Å². The molecule has 2 aromatic rings. The minimum absolute atomic E-state index is 0.107. The average molecular weight is 338 g/mol. The lowest BCUT2D eigenvalue weighted by Gasteiger charge is -2.12. The van der Waals surface area contributed by atoms with Crippen LogP contribution >= 0.6 is 0 Å². The van der Waals surface area contributed by atoms with Crippen LogP contribution in [-0.4, -0.2) is 23.9 Å². The second-order valence-corrected chi connectivity index (χ2v) is 5.67. The predicted octanol–water partition coefficient (Wildman–Crippen LogP) is 2.55. The Hall–Kier alpha value is -3.35. The molecule has 1 heterocycles. The van der Waals surface area contributed by atoms with Gasteiger partial charge in [0.25, 0.3) is 0 Å². The molecular formula is C18H18N4O3. The number of amides is 4. The quantitative estimate of drug-likeness (QED) is 0.689. The molecule has 7 heteroatoms. The summed E-state index contributed by atoms with van der Waals surface area (Å²) < 4.78 is 0. The molecule has 0 unspecified atom stereocenters. The van der Waals surface area contributed by atoms with E-state index in [-0.39, 0.29) is 17.8 Å². The number of hydrogen-bond donors (Lipinski definition) is 4. The Bertz CT molecular complexity index is 775. The van der Waals surface area contributed by atoms with Gasteiger partial charge in [0.15, 0.2) is 0 Å². The predicted molar refractivity (Wildman–Crippen MR) is 95.3 cm³/mol. The highest BCUT2D eigenvalue weighted by atomic mass is 16.2. The Morgan fingerprint density at radius 3 is 1.96 bits per heavy atom.